The van der Waals surface area contributed by atoms with E-state index in [0.29, 0.717) is 135 Å². The summed E-state index contributed by atoms with van der Waals surface area (Å²) in [6.45, 7) is 35.0. The predicted octanol–water partition coefficient (Wildman–Crippen LogP) is 13.7. The molecule has 0 bridgehead atoms. The highest BCUT2D eigenvalue weighted by molar-refractivity contribution is 6.39. The maximum atomic E-state index is 14.9. The predicted molar refractivity (Wildman–Crippen MR) is 536 cm³/mol. The molecule has 3 fully saturated rings. The number of hydrogen-bond acceptors (Lipinski definition) is 17. The van der Waals surface area contributed by atoms with Gasteiger partial charge in [-0.3, -0.25) is 57.9 Å². The zero-order valence-electron chi connectivity index (χ0n) is 80.7. The fourth-order valence-electron chi connectivity index (χ4n) is 20.2. The number of rotatable bonds is 21. The van der Waals surface area contributed by atoms with Crippen LogP contribution < -0.4 is 26.6 Å². The molecule has 15 heterocycles. The van der Waals surface area contributed by atoms with E-state index < -0.39 is 40.7 Å². The summed E-state index contributed by atoms with van der Waals surface area (Å²) < 4.78 is 73.8. The molecule has 30 nitrogen and oxygen atoms in total. The van der Waals surface area contributed by atoms with E-state index >= 15 is 0 Å². The summed E-state index contributed by atoms with van der Waals surface area (Å²) in [5, 5.41) is 24.0. The number of nitrogens with one attached hydrogen (secondary N) is 9. The van der Waals surface area contributed by atoms with Gasteiger partial charge in [-0.25, -0.2) is 17.6 Å². The highest BCUT2D eigenvalue weighted by Crippen LogP contribution is 2.45. The Hall–Kier alpha value is -12.9. The molecule has 9 aromatic rings. The van der Waals surface area contributed by atoms with Crippen LogP contribution >= 0.6 is 11.6 Å². The third-order valence-corrected chi connectivity index (χ3v) is 28.5. The Morgan fingerprint density at radius 1 is 0.418 bits per heavy atom. The number of ether oxygens (including phenoxy) is 3. The first-order valence-electron chi connectivity index (χ1n) is 48.7. The van der Waals surface area contributed by atoms with Crippen LogP contribution in [-0.2, 0) is 63.9 Å². The van der Waals surface area contributed by atoms with E-state index in [9.17, 15) is 65.8 Å². The lowest BCUT2D eigenvalue weighted by atomic mass is 9.93. The van der Waals surface area contributed by atoms with Gasteiger partial charge in [-0.2, -0.15) is 0 Å². The zero-order valence-corrected chi connectivity index (χ0v) is 81.5. The second-order valence-electron chi connectivity index (χ2n) is 37.7. The maximum Gasteiger partial charge on any atom is 0.256 e. The molecule has 11 aliphatic heterocycles. The van der Waals surface area contributed by atoms with Crippen LogP contribution in [0, 0.1) is 51.0 Å². The highest BCUT2D eigenvalue weighted by Gasteiger charge is 2.39. The smallest absolute Gasteiger partial charge is 0.256 e. The Labute approximate surface area is 820 Å². The first-order valence-corrected chi connectivity index (χ1v) is 49.1. The second kappa shape index (κ2) is 43.3. The van der Waals surface area contributed by atoms with Crippen LogP contribution in [0.15, 0.2) is 84.9 Å². The number of aryl methyl sites for hydroxylation is 4. The molecule has 10 N–H and O–H groups in total. The molecule has 0 aliphatic carbocycles. The van der Waals surface area contributed by atoms with Crippen molar-refractivity contribution in [1.29, 1.82) is 0 Å². The summed E-state index contributed by atoms with van der Waals surface area (Å²) in [7, 11) is 0. The molecule has 742 valence electrons. The minimum absolute atomic E-state index is 0.00652. The number of likely N-dealkylation sites (N-methyl/N-ethyl adjacent to an activating group) is 1. The molecule has 141 heavy (non-hydrogen) atoms. The Morgan fingerprint density at radius 3 is 1.21 bits per heavy atom. The van der Waals surface area contributed by atoms with Crippen LogP contribution in [0.5, 0.6) is 0 Å². The van der Waals surface area contributed by atoms with Gasteiger partial charge in [0.05, 0.1) is 95.6 Å². The van der Waals surface area contributed by atoms with Gasteiger partial charge >= 0.3 is 0 Å². The fourth-order valence-corrected chi connectivity index (χ4v) is 20.4. The summed E-state index contributed by atoms with van der Waals surface area (Å²) in [5.41, 5.74) is 17.0. The first-order chi connectivity index (χ1) is 67.9. The minimum atomic E-state index is -1.69. The third kappa shape index (κ3) is 21.7. The molecule has 3 saturated heterocycles. The Bertz CT molecular complexity index is 6360. The number of morpholine rings is 3. The summed E-state index contributed by atoms with van der Waals surface area (Å²) in [5.74, 6) is -4.91. The standard InChI is InChI=1S/C30H30F2N4O3.C28H36FN5O4.C24H27ClN4O3.C24H27FN4O3/c1-18-25(33-23-9-4-10-36(30(38)26(18)23)12-11-35-13-15-39-16-14-35)17-21-27-19(5-3-8-24(27)34-29(21)37)20-6-2-7-22(31)28(20)32;1-6-33(7-2)11-12-34-10-8-9-20-24(26(34)36)16(3)21(30-20)14-18-17-13-19(29)23(15-22(17)31-25(18)35)32-27(37)28(4,5)38;2*1-15-21(14-18-17-13-16(25)4-5-19(17)27-23(18)30)26-20-3-2-6-29(24(31)22(15)20)8-7-28-9-11-32-12-10-28/h2-3,5-8,17,33H,4,9-16H2,1H3,(H,34,37);13-15,30,38H,6-12H2,1-5H3,(H,31,35)(H,32,37);2*4-5,13-14,26H,2-3,6-12H2,1H3,(H,27,30)/b21-17-;3*18-14-. The van der Waals surface area contributed by atoms with Crippen molar-refractivity contribution < 1.29 is 80.0 Å². The average Bonchev–Trinajstić information content (AvgIpc) is 1.62. The van der Waals surface area contributed by atoms with Crippen LogP contribution in [0.25, 0.3) is 57.7 Å². The number of aromatic nitrogens is 4. The van der Waals surface area contributed by atoms with Crippen molar-refractivity contribution in [2.45, 2.75) is 112 Å². The summed E-state index contributed by atoms with van der Waals surface area (Å²) >= 11 is 6.16. The third-order valence-electron chi connectivity index (χ3n) is 28.3. The Kier molecular flexibility index (Phi) is 30.6. The van der Waals surface area contributed by atoms with Crippen molar-refractivity contribution in [3.63, 3.8) is 0 Å². The molecule has 0 unspecified atom stereocenters. The van der Waals surface area contributed by atoms with Gasteiger partial charge in [0.2, 0.25) is 0 Å². The second-order valence-corrected chi connectivity index (χ2v) is 38.1. The van der Waals surface area contributed by atoms with Crippen LogP contribution in [0.4, 0.5) is 46.0 Å². The Morgan fingerprint density at radius 2 is 0.787 bits per heavy atom. The molecule has 5 aromatic carbocycles. The topological polar surface area (TPSA) is 351 Å². The fraction of sp³-hybridized carbons (Fsp3) is 0.406. The molecule has 0 saturated carbocycles. The number of hydrogen-bond donors (Lipinski definition) is 10. The monoisotopic (exact) mass is 1950 g/mol. The number of aliphatic hydroxyl groups is 1. The van der Waals surface area contributed by atoms with Crippen molar-refractivity contribution in [3.8, 4) is 11.1 Å². The largest absolute Gasteiger partial charge is 0.381 e. The SMILES string of the molecule is CCN(CC)CCN1CCCc2[nH]c(/C=C3\C(=O)Nc4cc(NC(=O)C(C)(C)O)c(F)cc43)c(C)c2C1=O.Cc1c(/C=C2\C(=O)Nc3ccc(Cl)cc32)[nH]c2c1C(=O)N(CCN1CCOCC1)CCC2.Cc1c(/C=C2\C(=O)Nc3ccc(F)cc32)[nH]c2c1C(=O)N(CCN1CCOCC1)CCC2.Cc1c(/C=C2\C(=O)Nc3cccc(-c4cccc(F)c4F)c32)[nH]c2c1C(=O)N(CCN1CCOCC1)CCC2. The number of fused-ring (bicyclic) bond motifs is 8. The number of anilines is 5. The van der Waals surface area contributed by atoms with E-state index in [1.54, 1.807) is 54.6 Å². The Balaban J connectivity index is 0.000000130. The van der Waals surface area contributed by atoms with Gasteiger partial charge in [0.25, 0.3) is 53.2 Å². The number of amides is 9. The number of carbonyl (C=O) groups excluding carboxylic acids is 9. The maximum absolute atomic E-state index is 14.9. The lowest BCUT2D eigenvalue weighted by Gasteiger charge is -2.29. The molecule has 0 radical (unpaired) electrons. The molecule has 20 rings (SSSR count). The molecule has 0 spiro atoms. The lowest BCUT2D eigenvalue weighted by Crippen LogP contribution is -2.43. The van der Waals surface area contributed by atoms with Crippen LogP contribution in [0.2, 0.25) is 5.02 Å². The van der Waals surface area contributed by atoms with Crippen molar-refractivity contribution in [1.82, 2.24) is 59.1 Å². The zero-order chi connectivity index (χ0) is 99.4. The van der Waals surface area contributed by atoms with Crippen molar-refractivity contribution in [2.75, 3.05) is 197 Å². The number of benzene rings is 5. The highest BCUT2D eigenvalue weighted by atomic mass is 35.5. The van der Waals surface area contributed by atoms with Crippen molar-refractivity contribution in [3.05, 3.63) is 226 Å². The van der Waals surface area contributed by atoms with Gasteiger partial charge in [-0.05, 0) is 219 Å². The van der Waals surface area contributed by atoms with Crippen LogP contribution in [0.1, 0.15) is 185 Å². The van der Waals surface area contributed by atoms with Crippen LogP contribution in [-0.4, -0.2) is 294 Å². The molecule has 0 atom stereocenters. The van der Waals surface area contributed by atoms with Gasteiger partial charge < -0.3 is 90.3 Å². The number of nitrogens with zero attached hydrogens (tertiary/aromatic N) is 8. The molecular formula is C106H120ClF4N17O13. The van der Waals surface area contributed by atoms with Gasteiger partial charge in [-0.1, -0.05) is 49.7 Å². The number of aromatic amines is 4. The molecule has 4 aromatic heterocycles. The van der Waals surface area contributed by atoms with Gasteiger partial charge in [-0.15, -0.1) is 0 Å². The molecule has 35 heteroatoms. The van der Waals surface area contributed by atoms with Crippen molar-refractivity contribution in [2.24, 2.45) is 0 Å². The van der Waals surface area contributed by atoms with E-state index in [1.165, 1.54) is 50.2 Å². The molecule has 11 aliphatic rings. The van der Waals surface area contributed by atoms with E-state index in [2.05, 4.69) is 80.0 Å². The number of H-pyrrole nitrogens is 4. The van der Waals surface area contributed by atoms with Crippen LogP contribution in [0.3, 0.4) is 0 Å². The molecular weight excluding hydrogens is 1830 g/mol. The summed E-state index contributed by atoms with van der Waals surface area (Å²) in [6, 6.07) is 21.3. The molecule has 9 amide bonds. The quantitative estimate of drug-likeness (QED) is 0.0236. The average molecular weight is 1950 g/mol. The minimum Gasteiger partial charge on any atom is -0.381 e. The normalized spacial score (nSPS) is 18.9. The number of carbonyl (C=O) groups is 9. The van der Waals surface area contributed by atoms with Crippen molar-refractivity contribution >= 4 is 140 Å². The van der Waals surface area contributed by atoms with Gasteiger partial charge in [0.15, 0.2) is 11.6 Å². The van der Waals surface area contributed by atoms with Gasteiger partial charge in [0.1, 0.15) is 17.2 Å². The van der Waals surface area contributed by atoms with E-state index in [0.717, 1.165) is 256 Å². The summed E-state index contributed by atoms with van der Waals surface area (Å²) in [6.07, 6.45) is 13.4. The summed E-state index contributed by atoms with van der Waals surface area (Å²) in [4.78, 5) is 148. The van der Waals surface area contributed by atoms with E-state index in [1.807, 2.05) is 59.4 Å². The van der Waals surface area contributed by atoms with E-state index in [-0.39, 0.29) is 58.2 Å². The number of halogens is 5. The lowest BCUT2D eigenvalue weighted by molar-refractivity contribution is -0.130. The first kappa shape index (κ1) is 99.7. The van der Waals surface area contributed by atoms with E-state index in [4.69, 9.17) is 25.8 Å². The van der Waals surface area contributed by atoms with Gasteiger partial charge in [0, 0.05) is 213 Å².